The molecule has 2 amide bonds. The molecule has 4 nitrogen and oxygen atoms in total. The van der Waals surface area contributed by atoms with Crippen LogP contribution in [0.2, 0.25) is 0 Å². The van der Waals surface area contributed by atoms with Crippen LogP contribution in [0.4, 0.5) is 0 Å². The summed E-state index contributed by atoms with van der Waals surface area (Å²) < 4.78 is 0. The van der Waals surface area contributed by atoms with Gasteiger partial charge in [0.15, 0.2) is 0 Å². The van der Waals surface area contributed by atoms with Crippen LogP contribution in [0.25, 0.3) is 0 Å². The van der Waals surface area contributed by atoms with Crippen LogP contribution in [-0.4, -0.2) is 34.4 Å². The van der Waals surface area contributed by atoms with Gasteiger partial charge in [0.05, 0.1) is 0 Å². The average molecular weight is 219 g/mol. The third kappa shape index (κ3) is 1.32. The van der Waals surface area contributed by atoms with E-state index in [2.05, 4.69) is 5.32 Å². The van der Waals surface area contributed by atoms with Crippen LogP contribution >= 0.6 is 23.4 Å². The molecule has 0 spiro atoms. The Bertz CT molecular complexity index is 294. The van der Waals surface area contributed by atoms with E-state index in [0.29, 0.717) is 17.2 Å². The molecule has 1 N–H and O–H groups in total. The van der Waals surface area contributed by atoms with Gasteiger partial charge in [-0.15, -0.1) is 11.8 Å². The molecule has 0 aromatic carbocycles. The van der Waals surface area contributed by atoms with Gasteiger partial charge in [0.1, 0.15) is 11.4 Å². The standard InChI is InChI=1S/C7H7ClN2O2S/c8-4-1-10-6(12)5(9-3-11)7(10)13-2-4/h1,3,5,7H,2H2,(H,9,11)/t5-,7-/m1/s1. The molecule has 0 aromatic heterocycles. The first-order valence-electron chi connectivity index (χ1n) is 3.73. The summed E-state index contributed by atoms with van der Waals surface area (Å²) in [5.74, 6) is 0.606. The fraction of sp³-hybridized carbons (Fsp3) is 0.429. The predicted molar refractivity (Wildman–Crippen MR) is 50.0 cm³/mol. The molecule has 2 aliphatic heterocycles. The monoisotopic (exact) mass is 218 g/mol. The van der Waals surface area contributed by atoms with Crippen molar-refractivity contribution in [1.29, 1.82) is 0 Å². The highest BCUT2D eigenvalue weighted by molar-refractivity contribution is 8.00. The van der Waals surface area contributed by atoms with E-state index in [1.165, 1.54) is 0 Å². The van der Waals surface area contributed by atoms with Gasteiger partial charge in [-0.05, 0) is 0 Å². The van der Waals surface area contributed by atoms with E-state index in [-0.39, 0.29) is 17.3 Å². The lowest BCUT2D eigenvalue weighted by Gasteiger charge is -2.46. The van der Waals surface area contributed by atoms with E-state index in [1.54, 1.807) is 22.9 Å². The summed E-state index contributed by atoms with van der Waals surface area (Å²) in [6.07, 6.45) is 2.19. The van der Waals surface area contributed by atoms with Crippen LogP contribution in [0.5, 0.6) is 0 Å². The molecule has 1 saturated heterocycles. The number of nitrogens with zero attached hydrogens (tertiary/aromatic N) is 1. The van der Waals surface area contributed by atoms with Crippen molar-refractivity contribution in [2.24, 2.45) is 0 Å². The fourth-order valence-corrected chi connectivity index (χ4v) is 2.79. The molecule has 0 saturated carbocycles. The summed E-state index contributed by atoms with van der Waals surface area (Å²) in [6, 6.07) is -0.372. The number of carbonyl (C=O) groups is 2. The lowest BCUT2D eigenvalue weighted by atomic mass is 10.1. The molecule has 2 rings (SSSR count). The Morgan fingerprint density at radius 3 is 3.23 bits per heavy atom. The zero-order valence-corrected chi connectivity index (χ0v) is 8.14. The highest BCUT2D eigenvalue weighted by Crippen LogP contribution is 2.36. The number of rotatable bonds is 2. The van der Waals surface area contributed by atoms with Crippen LogP contribution in [0.15, 0.2) is 11.2 Å². The molecular weight excluding hydrogens is 212 g/mol. The summed E-state index contributed by atoms with van der Waals surface area (Å²) in [5, 5.41) is 3.17. The topological polar surface area (TPSA) is 49.4 Å². The summed E-state index contributed by atoms with van der Waals surface area (Å²) in [4.78, 5) is 23.0. The van der Waals surface area contributed by atoms with Crippen LogP contribution < -0.4 is 5.32 Å². The van der Waals surface area contributed by atoms with Crippen LogP contribution in [0.1, 0.15) is 0 Å². The minimum absolute atomic E-state index is 0.0280. The van der Waals surface area contributed by atoms with Gasteiger partial charge >= 0.3 is 0 Å². The molecule has 2 aliphatic rings. The smallest absolute Gasteiger partial charge is 0.253 e. The quantitative estimate of drug-likeness (QED) is 0.528. The van der Waals surface area contributed by atoms with E-state index in [4.69, 9.17) is 11.6 Å². The Morgan fingerprint density at radius 2 is 2.54 bits per heavy atom. The maximum atomic E-state index is 11.3. The molecule has 2 atom stereocenters. The Labute approximate surface area is 84.3 Å². The van der Waals surface area contributed by atoms with Crippen molar-refractivity contribution in [3.8, 4) is 0 Å². The normalized spacial score (nSPS) is 31.6. The maximum absolute atomic E-state index is 11.3. The van der Waals surface area contributed by atoms with Crippen molar-refractivity contribution < 1.29 is 9.59 Å². The van der Waals surface area contributed by atoms with Crippen molar-refractivity contribution in [3.05, 3.63) is 11.2 Å². The molecule has 0 bridgehead atoms. The number of fused-ring (bicyclic) bond motifs is 1. The predicted octanol–water partition coefficient (Wildman–Crippen LogP) is 0.0963. The van der Waals surface area contributed by atoms with Crippen molar-refractivity contribution in [3.63, 3.8) is 0 Å². The van der Waals surface area contributed by atoms with Crippen molar-refractivity contribution in [2.45, 2.75) is 11.4 Å². The van der Waals surface area contributed by atoms with Gasteiger partial charge in [-0.25, -0.2) is 0 Å². The van der Waals surface area contributed by atoms with Gasteiger partial charge in [-0.2, -0.15) is 0 Å². The molecule has 1 fully saturated rings. The van der Waals surface area contributed by atoms with E-state index >= 15 is 0 Å². The molecule has 0 unspecified atom stereocenters. The first-order chi connectivity index (χ1) is 6.24. The fourth-order valence-electron chi connectivity index (χ4n) is 1.38. The number of carbonyl (C=O) groups excluding carboxylic acids is 2. The summed E-state index contributed by atoms with van der Waals surface area (Å²) in [7, 11) is 0. The van der Waals surface area contributed by atoms with Crippen molar-refractivity contribution in [1.82, 2.24) is 10.2 Å². The minimum atomic E-state index is -0.372. The summed E-state index contributed by atoms with van der Waals surface area (Å²) >= 11 is 7.31. The maximum Gasteiger partial charge on any atom is 0.253 e. The van der Waals surface area contributed by atoms with E-state index in [9.17, 15) is 9.59 Å². The third-order valence-corrected chi connectivity index (χ3v) is 3.71. The third-order valence-electron chi connectivity index (χ3n) is 2.00. The molecule has 0 radical (unpaired) electrons. The molecule has 6 heteroatoms. The number of β-lactam (4-membered cyclic amide) rings is 1. The van der Waals surface area contributed by atoms with E-state index in [1.807, 2.05) is 0 Å². The van der Waals surface area contributed by atoms with Gasteiger partial charge in [-0.3, -0.25) is 9.59 Å². The molecule has 70 valence electrons. The van der Waals surface area contributed by atoms with Crippen molar-refractivity contribution in [2.75, 3.05) is 5.75 Å². The minimum Gasteiger partial charge on any atom is -0.344 e. The van der Waals surface area contributed by atoms with Gasteiger partial charge in [0.2, 0.25) is 6.41 Å². The second-order valence-electron chi connectivity index (χ2n) is 2.79. The molecule has 0 aromatic rings. The number of amides is 2. The number of halogens is 1. The second-order valence-corrected chi connectivity index (χ2v) is 4.38. The highest BCUT2D eigenvalue weighted by atomic mass is 35.5. The van der Waals surface area contributed by atoms with Gasteiger partial charge in [-0.1, -0.05) is 11.6 Å². The number of hydrogen-bond donors (Lipinski definition) is 1. The number of hydrogen-bond acceptors (Lipinski definition) is 3. The summed E-state index contributed by atoms with van der Waals surface area (Å²) in [5.41, 5.74) is 0. The van der Waals surface area contributed by atoms with Crippen LogP contribution in [0, 0.1) is 0 Å². The molecule has 0 aliphatic carbocycles. The van der Waals surface area contributed by atoms with Crippen LogP contribution in [-0.2, 0) is 9.59 Å². The van der Waals surface area contributed by atoms with E-state index < -0.39 is 0 Å². The number of thioether (sulfide) groups is 1. The Hall–Kier alpha value is -0.680. The first kappa shape index (κ1) is 8.90. The van der Waals surface area contributed by atoms with Gasteiger partial charge in [0, 0.05) is 17.0 Å². The molecule has 2 heterocycles. The largest absolute Gasteiger partial charge is 0.344 e. The Morgan fingerprint density at radius 1 is 1.77 bits per heavy atom. The average Bonchev–Trinajstić information content (AvgIpc) is 2.14. The second kappa shape index (κ2) is 3.23. The summed E-state index contributed by atoms with van der Waals surface area (Å²) in [6.45, 7) is 0. The highest BCUT2D eigenvalue weighted by Gasteiger charge is 2.48. The Balaban J connectivity index is 2.10. The van der Waals surface area contributed by atoms with Gasteiger partial charge < -0.3 is 10.2 Å². The lowest BCUT2D eigenvalue weighted by molar-refractivity contribution is -0.143. The first-order valence-corrected chi connectivity index (χ1v) is 5.16. The van der Waals surface area contributed by atoms with Gasteiger partial charge in [0.25, 0.3) is 5.91 Å². The zero-order valence-electron chi connectivity index (χ0n) is 6.57. The number of nitrogens with one attached hydrogen (secondary N) is 1. The van der Waals surface area contributed by atoms with Crippen LogP contribution in [0.3, 0.4) is 0 Å². The Kier molecular flexibility index (Phi) is 2.21. The molecule has 13 heavy (non-hydrogen) atoms. The lowest BCUT2D eigenvalue weighted by Crippen LogP contribution is -2.67. The SMILES string of the molecule is O=CN[C@@H]1C(=O)N2C=C(Cl)CS[C@H]12. The van der Waals surface area contributed by atoms with Crippen molar-refractivity contribution >= 4 is 35.7 Å². The zero-order chi connectivity index (χ0) is 9.42. The van der Waals surface area contributed by atoms with E-state index in [0.717, 1.165) is 0 Å². The molecular formula is C7H7ClN2O2S.